The molecule has 0 heterocycles. The Morgan fingerprint density at radius 1 is 1.00 bits per heavy atom. The van der Waals surface area contributed by atoms with E-state index in [4.69, 9.17) is 34.2 Å². The van der Waals surface area contributed by atoms with Crippen LogP contribution in [0.3, 0.4) is 0 Å². The lowest BCUT2D eigenvalue weighted by atomic mass is 10.0. The van der Waals surface area contributed by atoms with Crippen molar-refractivity contribution in [3.05, 3.63) is 52.0 Å². The van der Waals surface area contributed by atoms with Crippen LogP contribution in [0.25, 0.3) is 11.1 Å². The standard InChI is InChI=1S/C13H8Cl2N2/c14-10-3-1-8(2-4-10)12-6-11(15)5-9(7-16)13(12)17/h1-6H,17H2. The minimum atomic E-state index is 0.377. The van der Waals surface area contributed by atoms with Gasteiger partial charge in [-0.05, 0) is 29.8 Å². The number of hydrogen-bond donors (Lipinski definition) is 1. The molecular formula is C13H8Cl2N2. The van der Waals surface area contributed by atoms with E-state index in [1.54, 1.807) is 24.3 Å². The van der Waals surface area contributed by atoms with Crippen molar-refractivity contribution < 1.29 is 0 Å². The van der Waals surface area contributed by atoms with Crippen LogP contribution >= 0.6 is 23.2 Å². The van der Waals surface area contributed by atoms with Crippen LogP contribution in [0.1, 0.15) is 5.56 Å². The Morgan fingerprint density at radius 3 is 2.24 bits per heavy atom. The largest absolute Gasteiger partial charge is 0.397 e. The second kappa shape index (κ2) is 4.67. The Hall–Kier alpha value is -1.69. The van der Waals surface area contributed by atoms with Gasteiger partial charge in [0.1, 0.15) is 6.07 Å². The monoisotopic (exact) mass is 262 g/mol. The second-order valence-electron chi connectivity index (χ2n) is 3.53. The molecule has 2 N–H and O–H groups in total. The molecule has 17 heavy (non-hydrogen) atoms. The molecule has 0 unspecified atom stereocenters. The summed E-state index contributed by atoms with van der Waals surface area (Å²) in [6.45, 7) is 0. The molecule has 4 heteroatoms. The predicted molar refractivity (Wildman–Crippen MR) is 71.0 cm³/mol. The highest BCUT2D eigenvalue weighted by Gasteiger charge is 2.09. The topological polar surface area (TPSA) is 49.8 Å². The smallest absolute Gasteiger partial charge is 0.101 e. The molecule has 0 fully saturated rings. The normalized spacial score (nSPS) is 9.94. The minimum absolute atomic E-state index is 0.377. The van der Waals surface area contributed by atoms with Gasteiger partial charge in [0.25, 0.3) is 0 Å². The molecule has 2 nitrogen and oxygen atoms in total. The number of rotatable bonds is 1. The fraction of sp³-hybridized carbons (Fsp3) is 0. The van der Waals surface area contributed by atoms with Crippen molar-refractivity contribution in [2.24, 2.45) is 0 Å². The predicted octanol–water partition coefficient (Wildman–Crippen LogP) is 4.11. The van der Waals surface area contributed by atoms with Gasteiger partial charge in [-0.1, -0.05) is 35.3 Å². The van der Waals surface area contributed by atoms with Crippen molar-refractivity contribution in [3.63, 3.8) is 0 Å². The summed E-state index contributed by atoms with van der Waals surface area (Å²) >= 11 is 11.8. The maximum absolute atomic E-state index is 8.95. The molecule has 0 aliphatic rings. The first kappa shape index (κ1) is 11.8. The van der Waals surface area contributed by atoms with Crippen LogP contribution in [0.4, 0.5) is 5.69 Å². The molecule has 84 valence electrons. The van der Waals surface area contributed by atoms with Crippen molar-refractivity contribution in [1.29, 1.82) is 5.26 Å². The Balaban J connectivity index is 2.63. The summed E-state index contributed by atoms with van der Waals surface area (Å²) in [5.41, 5.74) is 8.35. The lowest BCUT2D eigenvalue weighted by molar-refractivity contribution is 1.48. The molecule has 2 aromatic rings. The third kappa shape index (κ3) is 2.36. The van der Waals surface area contributed by atoms with Crippen molar-refractivity contribution in [1.82, 2.24) is 0 Å². The molecule has 0 saturated heterocycles. The summed E-state index contributed by atoms with van der Waals surface area (Å²) in [5, 5.41) is 10.1. The van der Waals surface area contributed by atoms with Gasteiger partial charge in [-0.3, -0.25) is 0 Å². The number of anilines is 1. The van der Waals surface area contributed by atoms with Crippen molar-refractivity contribution >= 4 is 28.9 Å². The summed E-state index contributed by atoms with van der Waals surface area (Å²) in [6, 6.07) is 12.5. The number of nitrogens with zero attached hydrogens (tertiary/aromatic N) is 1. The van der Waals surface area contributed by atoms with Crippen LogP contribution in [0.15, 0.2) is 36.4 Å². The highest BCUT2D eigenvalue weighted by atomic mass is 35.5. The molecule has 2 aromatic carbocycles. The molecule has 0 atom stereocenters. The molecular weight excluding hydrogens is 255 g/mol. The molecule has 0 saturated carbocycles. The molecule has 0 spiro atoms. The van der Waals surface area contributed by atoms with Gasteiger partial charge >= 0.3 is 0 Å². The van der Waals surface area contributed by atoms with Gasteiger partial charge < -0.3 is 5.73 Å². The van der Waals surface area contributed by atoms with E-state index in [1.165, 1.54) is 0 Å². The molecule has 0 radical (unpaired) electrons. The van der Waals surface area contributed by atoms with Crippen molar-refractivity contribution in [2.75, 3.05) is 5.73 Å². The first-order valence-corrected chi connectivity index (χ1v) is 5.62. The van der Waals surface area contributed by atoms with E-state index in [1.807, 2.05) is 18.2 Å². The van der Waals surface area contributed by atoms with Crippen LogP contribution in [0.5, 0.6) is 0 Å². The van der Waals surface area contributed by atoms with Gasteiger partial charge in [0.15, 0.2) is 0 Å². The van der Waals surface area contributed by atoms with E-state index in [0.29, 0.717) is 21.3 Å². The highest BCUT2D eigenvalue weighted by Crippen LogP contribution is 2.32. The summed E-state index contributed by atoms with van der Waals surface area (Å²) in [5.74, 6) is 0. The van der Waals surface area contributed by atoms with E-state index in [2.05, 4.69) is 0 Å². The van der Waals surface area contributed by atoms with Crippen LogP contribution in [0, 0.1) is 11.3 Å². The second-order valence-corrected chi connectivity index (χ2v) is 4.41. The molecule has 0 aliphatic heterocycles. The van der Waals surface area contributed by atoms with Crippen molar-refractivity contribution in [3.8, 4) is 17.2 Å². The van der Waals surface area contributed by atoms with Crippen LogP contribution in [-0.4, -0.2) is 0 Å². The molecule has 0 amide bonds. The Kier molecular flexibility index (Phi) is 3.23. The fourth-order valence-electron chi connectivity index (χ4n) is 1.58. The molecule has 0 bridgehead atoms. The van der Waals surface area contributed by atoms with Gasteiger partial charge in [0.2, 0.25) is 0 Å². The zero-order chi connectivity index (χ0) is 12.4. The highest BCUT2D eigenvalue weighted by molar-refractivity contribution is 6.31. The number of benzene rings is 2. The van der Waals surface area contributed by atoms with E-state index >= 15 is 0 Å². The van der Waals surface area contributed by atoms with Gasteiger partial charge in [0, 0.05) is 15.6 Å². The summed E-state index contributed by atoms with van der Waals surface area (Å²) in [6.07, 6.45) is 0. The first-order valence-electron chi connectivity index (χ1n) is 4.87. The lowest BCUT2D eigenvalue weighted by Gasteiger charge is -2.08. The van der Waals surface area contributed by atoms with E-state index < -0.39 is 0 Å². The minimum Gasteiger partial charge on any atom is -0.397 e. The number of nitriles is 1. The number of nitrogen functional groups attached to an aromatic ring is 1. The number of halogens is 2. The van der Waals surface area contributed by atoms with Gasteiger partial charge in [-0.2, -0.15) is 5.26 Å². The first-order chi connectivity index (χ1) is 8.11. The fourth-order valence-corrected chi connectivity index (χ4v) is 1.92. The Labute approximate surface area is 109 Å². The maximum Gasteiger partial charge on any atom is 0.101 e. The quantitative estimate of drug-likeness (QED) is 0.787. The van der Waals surface area contributed by atoms with Crippen LogP contribution in [0.2, 0.25) is 10.0 Å². The molecule has 0 aliphatic carbocycles. The van der Waals surface area contributed by atoms with Crippen molar-refractivity contribution in [2.45, 2.75) is 0 Å². The summed E-state index contributed by atoms with van der Waals surface area (Å²) < 4.78 is 0. The third-order valence-corrected chi connectivity index (χ3v) is 2.89. The number of nitrogens with two attached hydrogens (primary N) is 1. The molecule has 2 rings (SSSR count). The van der Waals surface area contributed by atoms with E-state index in [-0.39, 0.29) is 0 Å². The summed E-state index contributed by atoms with van der Waals surface area (Å²) in [7, 11) is 0. The third-order valence-electron chi connectivity index (χ3n) is 2.42. The molecule has 0 aromatic heterocycles. The van der Waals surface area contributed by atoms with E-state index in [9.17, 15) is 0 Å². The Bertz CT molecular complexity index is 598. The number of hydrogen-bond acceptors (Lipinski definition) is 2. The Morgan fingerprint density at radius 2 is 1.65 bits per heavy atom. The SMILES string of the molecule is N#Cc1cc(Cl)cc(-c2ccc(Cl)cc2)c1N. The average molecular weight is 263 g/mol. The summed E-state index contributed by atoms with van der Waals surface area (Å²) in [4.78, 5) is 0. The zero-order valence-electron chi connectivity index (χ0n) is 8.74. The van der Waals surface area contributed by atoms with Gasteiger partial charge in [-0.25, -0.2) is 0 Å². The average Bonchev–Trinajstić information content (AvgIpc) is 2.33. The van der Waals surface area contributed by atoms with Gasteiger partial charge in [-0.15, -0.1) is 0 Å². The maximum atomic E-state index is 8.95. The van der Waals surface area contributed by atoms with Crippen LogP contribution < -0.4 is 5.73 Å². The van der Waals surface area contributed by atoms with Crippen LogP contribution in [-0.2, 0) is 0 Å². The van der Waals surface area contributed by atoms with Gasteiger partial charge in [0.05, 0.1) is 11.3 Å². The van der Waals surface area contributed by atoms with E-state index in [0.717, 1.165) is 11.1 Å². The zero-order valence-corrected chi connectivity index (χ0v) is 10.3. The lowest BCUT2D eigenvalue weighted by Crippen LogP contribution is -1.94.